The first-order valence-corrected chi connectivity index (χ1v) is 5.24. The van der Waals surface area contributed by atoms with Crippen molar-refractivity contribution in [2.24, 2.45) is 0 Å². The molecular weight excluding hydrogens is 244 g/mol. The van der Waals surface area contributed by atoms with E-state index >= 15 is 0 Å². The van der Waals surface area contributed by atoms with Gasteiger partial charge in [0.25, 0.3) is 0 Å². The summed E-state index contributed by atoms with van der Waals surface area (Å²) in [5.74, 6) is -0.468. The number of hydrogen-bond donors (Lipinski definition) is 1. The van der Waals surface area contributed by atoms with Crippen LogP contribution in [-0.2, 0) is 17.8 Å². The molecule has 0 saturated carbocycles. The molecule has 1 aromatic heterocycles. The van der Waals surface area contributed by atoms with Crippen molar-refractivity contribution in [1.82, 2.24) is 20.2 Å². The maximum atomic E-state index is 10.6. The van der Waals surface area contributed by atoms with Crippen molar-refractivity contribution in [3.05, 3.63) is 40.7 Å². The molecule has 0 saturated heterocycles. The van der Waals surface area contributed by atoms with Crippen LogP contribution in [0, 0.1) is 0 Å². The van der Waals surface area contributed by atoms with Crippen molar-refractivity contribution in [2.75, 3.05) is 0 Å². The fraction of sp³-hybridized carbons (Fsp3) is 0.200. The molecule has 0 aliphatic heterocycles. The lowest BCUT2D eigenvalue weighted by Crippen LogP contribution is -2.13. The minimum atomic E-state index is -0.977. The third-order valence-electron chi connectivity index (χ3n) is 2.17. The van der Waals surface area contributed by atoms with Gasteiger partial charge in [-0.2, -0.15) is 0 Å². The number of rotatable bonds is 4. The Labute approximate surface area is 102 Å². The highest BCUT2D eigenvalue weighted by molar-refractivity contribution is 6.30. The molecule has 0 amide bonds. The van der Waals surface area contributed by atoms with Gasteiger partial charge in [0.1, 0.15) is 6.54 Å². The van der Waals surface area contributed by atoms with Crippen molar-refractivity contribution in [3.63, 3.8) is 0 Å². The van der Waals surface area contributed by atoms with Crippen molar-refractivity contribution >= 4 is 17.6 Å². The average Bonchev–Trinajstić information content (AvgIpc) is 2.68. The number of hydrogen-bond acceptors (Lipinski definition) is 4. The Balaban J connectivity index is 2.15. The normalized spacial score (nSPS) is 10.4. The predicted octanol–water partition coefficient (Wildman–Crippen LogP) is 1.00. The van der Waals surface area contributed by atoms with Crippen molar-refractivity contribution < 1.29 is 9.90 Å². The van der Waals surface area contributed by atoms with Gasteiger partial charge in [-0.3, -0.25) is 4.79 Å². The molecule has 2 rings (SSSR count). The molecule has 0 aliphatic carbocycles. The summed E-state index contributed by atoms with van der Waals surface area (Å²) < 4.78 is 1.26. The van der Waals surface area contributed by atoms with Gasteiger partial charge in [-0.15, -0.1) is 5.10 Å². The van der Waals surface area contributed by atoms with E-state index in [0.717, 1.165) is 5.56 Å². The summed E-state index contributed by atoms with van der Waals surface area (Å²) >= 11 is 5.77. The molecule has 0 atom stereocenters. The molecule has 0 bridgehead atoms. The van der Waals surface area contributed by atoms with Gasteiger partial charge >= 0.3 is 5.97 Å². The van der Waals surface area contributed by atoms with Gasteiger partial charge in [-0.1, -0.05) is 23.7 Å². The summed E-state index contributed by atoms with van der Waals surface area (Å²) in [4.78, 5) is 10.6. The molecule has 1 heterocycles. The minimum absolute atomic E-state index is 0.240. The smallest absolute Gasteiger partial charge is 0.325 e. The van der Waals surface area contributed by atoms with Crippen LogP contribution < -0.4 is 0 Å². The molecule has 0 unspecified atom stereocenters. The molecule has 17 heavy (non-hydrogen) atoms. The molecule has 1 aromatic carbocycles. The SMILES string of the molecule is O=C(O)Cn1nnnc1Cc1ccc(Cl)cc1. The highest BCUT2D eigenvalue weighted by Gasteiger charge is 2.09. The summed E-state index contributed by atoms with van der Waals surface area (Å²) in [5, 5.41) is 20.2. The van der Waals surface area contributed by atoms with Gasteiger partial charge < -0.3 is 5.11 Å². The molecule has 0 radical (unpaired) electrons. The second-order valence-electron chi connectivity index (χ2n) is 3.45. The largest absolute Gasteiger partial charge is 0.480 e. The molecule has 0 fully saturated rings. The van der Waals surface area contributed by atoms with Crippen LogP contribution in [-0.4, -0.2) is 31.3 Å². The van der Waals surface area contributed by atoms with Crippen molar-refractivity contribution in [1.29, 1.82) is 0 Å². The van der Waals surface area contributed by atoms with Crippen molar-refractivity contribution in [3.8, 4) is 0 Å². The lowest BCUT2D eigenvalue weighted by atomic mass is 10.1. The molecule has 0 spiro atoms. The third-order valence-corrected chi connectivity index (χ3v) is 2.42. The number of carbonyl (C=O) groups is 1. The number of carboxylic acids is 1. The number of nitrogens with zero attached hydrogens (tertiary/aromatic N) is 4. The molecule has 6 nitrogen and oxygen atoms in total. The van der Waals surface area contributed by atoms with E-state index in [1.54, 1.807) is 12.1 Å². The quantitative estimate of drug-likeness (QED) is 0.878. The summed E-state index contributed by atoms with van der Waals surface area (Å²) in [6.07, 6.45) is 0.470. The van der Waals surface area contributed by atoms with Gasteiger partial charge in [-0.25, -0.2) is 4.68 Å². The van der Waals surface area contributed by atoms with Crippen LogP contribution in [0.5, 0.6) is 0 Å². The van der Waals surface area contributed by atoms with Gasteiger partial charge in [-0.05, 0) is 28.1 Å². The van der Waals surface area contributed by atoms with Crippen LogP contribution in [0.25, 0.3) is 0 Å². The Morgan fingerprint density at radius 2 is 2.06 bits per heavy atom. The fourth-order valence-electron chi connectivity index (χ4n) is 1.39. The van der Waals surface area contributed by atoms with Crippen LogP contribution >= 0.6 is 11.6 Å². The second-order valence-corrected chi connectivity index (χ2v) is 3.89. The molecule has 0 aliphatic rings. The van der Waals surface area contributed by atoms with Gasteiger partial charge in [0.05, 0.1) is 0 Å². The zero-order valence-electron chi connectivity index (χ0n) is 8.75. The maximum Gasteiger partial charge on any atom is 0.325 e. The van der Waals surface area contributed by atoms with Crippen LogP contribution in [0.4, 0.5) is 0 Å². The molecular formula is C10H9ClN4O2. The van der Waals surface area contributed by atoms with E-state index in [4.69, 9.17) is 16.7 Å². The van der Waals surface area contributed by atoms with Gasteiger partial charge in [0.2, 0.25) is 0 Å². The van der Waals surface area contributed by atoms with Gasteiger partial charge in [0, 0.05) is 11.4 Å². The van der Waals surface area contributed by atoms with E-state index in [1.165, 1.54) is 4.68 Å². The molecule has 2 aromatic rings. The van der Waals surface area contributed by atoms with Crippen molar-refractivity contribution in [2.45, 2.75) is 13.0 Å². The first kappa shape index (κ1) is 11.5. The van der Waals surface area contributed by atoms with Gasteiger partial charge in [0.15, 0.2) is 5.82 Å². The van der Waals surface area contributed by atoms with E-state index in [2.05, 4.69) is 15.5 Å². The number of tetrazole rings is 1. The zero-order chi connectivity index (χ0) is 12.3. The Bertz CT molecular complexity index is 523. The van der Waals surface area contributed by atoms with E-state index < -0.39 is 5.97 Å². The number of benzene rings is 1. The Kier molecular flexibility index (Phi) is 3.34. The van der Waals surface area contributed by atoms with E-state index in [9.17, 15) is 4.79 Å². The van der Waals surface area contributed by atoms with E-state index in [1.807, 2.05) is 12.1 Å². The summed E-state index contributed by atoms with van der Waals surface area (Å²) in [5.41, 5.74) is 0.968. The van der Waals surface area contributed by atoms with Crippen LogP contribution in [0.2, 0.25) is 5.02 Å². The Morgan fingerprint density at radius 1 is 1.35 bits per heavy atom. The molecule has 88 valence electrons. The lowest BCUT2D eigenvalue weighted by Gasteiger charge is -2.02. The first-order valence-electron chi connectivity index (χ1n) is 4.86. The number of halogens is 1. The monoisotopic (exact) mass is 252 g/mol. The van der Waals surface area contributed by atoms with Crippen LogP contribution in [0.3, 0.4) is 0 Å². The summed E-state index contributed by atoms with van der Waals surface area (Å²) in [7, 11) is 0. The van der Waals surface area contributed by atoms with Crippen LogP contribution in [0.15, 0.2) is 24.3 Å². The third kappa shape index (κ3) is 3.01. The molecule has 1 N–H and O–H groups in total. The Hall–Kier alpha value is -1.95. The Morgan fingerprint density at radius 3 is 2.71 bits per heavy atom. The number of carboxylic acid groups (broad SMARTS) is 1. The fourth-order valence-corrected chi connectivity index (χ4v) is 1.51. The predicted molar refractivity (Wildman–Crippen MR) is 59.7 cm³/mol. The lowest BCUT2D eigenvalue weighted by molar-refractivity contribution is -0.138. The number of aromatic nitrogens is 4. The second kappa shape index (κ2) is 4.92. The average molecular weight is 253 g/mol. The van der Waals surface area contributed by atoms with E-state index in [-0.39, 0.29) is 6.54 Å². The topological polar surface area (TPSA) is 80.9 Å². The minimum Gasteiger partial charge on any atom is -0.480 e. The summed E-state index contributed by atoms with van der Waals surface area (Å²) in [6, 6.07) is 7.23. The zero-order valence-corrected chi connectivity index (χ0v) is 9.50. The maximum absolute atomic E-state index is 10.6. The van der Waals surface area contributed by atoms with Crippen LogP contribution in [0.1, 0.15) is 11.4 Å². The highest BCUT2D eigenvalue weighted by Crippen LogP contribution is 2.12. The summed E-state index contributed by atoms with van der Waals surface area (Å²) in [6.45, 7) is -0.240. The molecule has 7 heteroatoms. The highest BCUT2D eigenvalue weighted by atomic mass is 35.5. The standard InChI is InChI=1S/C10H9ClN4O2/c11-8-3-1-7(2-4-8)5-9-12-13-14-15(9)6-10(16)17/h1-4H,5-6H2,(H,16,17). The van der Waals surface area contributed by atoms with E-state index in [0.29, 0.717) is 17.3 Å². The first-order chi connectivity index (χ1) is 8.15. The number of aliphatic carboxylic acids is 1.